The lowest BCUT2D eigenvalue weighted by molar-refractivity contribution is 0.358. The van der Waals surface area contributed by atoms with E-state index in [1.54, 1.807) is 20.4 Å². The minimum Gasteiger partial charge on any atom is -0.497 e. The SMILES string of the molecule is COc1ccc(CCNc2nc(-c3ccc(OC)nc3)nc3c2ncn3C2CCCCC2)cc1. The van der Waals surface area contributed by atoms with Crippen molar-refractivity contribution in [3.05, 3.63) is 54.5 Å². The van der Waals surface area contributed by atoms with Crippen LogP contribution < -0.4 is 14.8 Å². The maximum absolute atomic E-state index is 5.26. The Kier molecular flexibility index (Phi) is 6.56. The van der Waals surface area contributed by atoms with Crippen molar-refractivity contribution >= 4 is 17.0 Å². The molecule has 0 radical (unpaired) electrons. The minimum atomic E-state index is 0.433. The Bertz CT molecular complexity index is 1230. The van der Waals surface area contributed by atoms with Crippen molar-refractivity contribution < 1.29 is 9.47 Å². The quantitative estimate of drug-likeness (QED) is 0.395. The topological polar surface area (TPSA) is 87.0 Å². The Hall–Kier alpha value is -3.68. The summed E-state index contributed by atoms with van der Waals surface area (Å²) in [7, 11) is 3.29. The molecule has 3 heterocycles. The van der Waals surface area contributed by atoms with Crippen LogP contribution in [0.4, 0.5) is 5.82 Å². The number of pyridine rings is 1. The minimum absolute atomic E-state index is 0.433. The Morgan fingerprint density at radius 3 is 2.47 bits per heavy atom. The van der Waals surface area contributed by atoms with Gasteiger partial charge in [-0.05, 0) is 43.0 Å². The Balaban J connectivity index is 1.46. The van der Waals surface area contributed by atoms with Crippen LogP contribution in [-0.4, -0.2) is 45.3 Å². The highest BCUT2D eigenvalue weighted by Gasteiger charge is 2.21. The molecule has 34 heavy (non-hydrogen) atoms. The van der Waals surface area contributed by atoms with Crippen molar-refractivity contribution in [2.24, 2.45) is 0 Å². The molecule has 1 aliphatic rings. The second kappa shape index (κ2) is 10.1. The van der Waals surface area contributed by atoms with E-state index in [1.165, 1.54) is 24.8 Å². The van der Waals surface area contributed by atoms with Gasteiger partial charge in [0.25, 0.3) is 0 Å². The summed E-state index contributed by atoms with van der Waals surface area (Å²) < 4.78 is 12.7. The molecule has 0 bridgehead atoms. The number of fused-ring (bicyclic) bond motifs is 1. The van der Waals surface area contributed by atoms with Crippen LogP contribution in [0.15, 0.2) is 48.9 Å². The van der Waals surface area contributed by atoms with Crippen LogP contribution in [0.2, 0.25) is 0 Å². The van der Waals surface area contributed by atoms with Gasteiger partial charge in [0, 0.05) is 30.4 Å². The van der Waals surface area contributed by atoms with Gasteiger partial charge in [0.2, 0.25) is 5.88 Å². The monoisotopic (exact) mass is 458 g/mol. The van der Waals surface area contributed by atoms with Crippen molar-refractivity contribution in [2.75, 3.05) is 26.1 Å². The summed E-state index contributed by atoms with van der Waals surface area (Å²) in [6.45, 7) is 0.731. The van der Waals surface area contributed by atoms with E-state index >= 15 is 0 Å². The number of rotatable bonds is 8. The van der Waals surface area contributed by atoms with Crippen LogP contribution in [0, 0.1) is 0 Å². The highest BCUT2D eigenvalue weighted by molar-refractivity contribution is 5.85. The maximum atomic E-state index is 5.26. The average molecular weight is 459 g/mol. The van der Waals surface area contributed by atoms with Crippen LogP contribution in [0.1, 0.15) is 43.7 Å². The van der Waals surface area contributed by atoms with Gasteiger partial charge in [-0.15, -0.1) is 0 Å². The van der Waals surface area contributed by atoms with E-state index in [0.29, 0.717) is 17.7 Å². The molecule has 1 fully saturated rings. The highest BCUT2D eigenvalue weighted by atomic mass is 16.5. The van der Waals surface area contributed by atoms with Crippen molar-refractivity contribution in [3.8, 4) is 23.0 Å². The fourth-order valence-electron chi connectivity index (χ4n) is 4.55. The van der Waals surface area contributed by atoms with E-state index < -0.39 is 0 Å². The van der Waals surface area contributed by atoms with Gasteiger partial charge in [0.15, 0.2) is 17.3 Å². The van der Waals surface area contributed by atoms with E-state index in [2.05, 4.69) is 27.0 Å². The summed E-state index contributed by atoms with van der Waals surface area (Å²) in [5.74, 6) is 2.81. The molecule has 0 saturated heterocycles. The number of benzene rings is 1. The van der Waals surface area contributed by atoms with Gasteiger partial charge in [-0.2, -0.15) is 0 Å². The summed E-state index contributed by atoms with van der Waals surface area (Å²) >= 11 is 0. The van der Waals surface area contributed by atoms with Gasteiger partial charge in [-0.3, -0.25) is 0 Å². The summed E-state index contributed by atoms with van der Waals surface area (Å²) in [5.41, 5.74) is 3.76. The largest absolute Gasteiger partial charge is 0.497 e. The molecule has 0 spiro atoms. The van der Waals surface area contributed by atoms with E-state index in [9.17, 15) is 0 Å². The van der Waals surface area contributed by atoms with Crippen LogP contribution in [0.5, 0.6) is 11.6 Å². The molecule has 3 aromatic heterocycles. The van der Waals surface area contributed by atoms with Crippen LogP contribution in [0.3, 0.4) is 0 Å². The van der Waals surface area contributed by atoms with Gasteiger partial charge >= 0.3 is 0 Å². The number of nitrogens with zero attached hydrogens (tertiary/aromatic N) is 5. The third-order valence-electron chi connectivity index (χ3n) is 6.46. The average Bonchev–Trinajstić information content (AvgIpc) is 3.34. The molecule has 1 aromatic carbocycles. The molecular formula is C26H30N6O2. The Labute approximate surface area is 199 Å². The molecule has 1 aliphatic carbocycles. The number of imidazole rings is 1. The summed E-state index contributed by atoms with van der Waals surface area (Å²) in [6, 6.07) is 12.3. The van der Waals surface area contributed by atoms with E-state index in [1.807, 2.05) is 30.6 Å². The lowest BCUT2D eigenvalue weighted by Gasteiger charge is -2.23. The van der Waals surface area contributed by atoms with Crippen LogP contribution >= 0.6 is 0 Å². The number of ether oxygens (including phenoxy) is 2. The van der Waals surface area contributed by atoms with Gasteiger partial charge in [0.05, 0.1) is 20.5 Å². The highest BCUT2D eigenvalue weighted by Crippen LogP contribution is 2.32. The van der Waals surface area contributed by atoms with Crippen molar-refractivity contribution in [1.29, 1.82) is 0 Å². The third kappa shape index (κ3) is 4.66. The van der Waals surface area contributed by atoms with Gasteiger partial charge in [-0.25, -0.2) is 19.9 Å². The second-order valence-electron chi connectivity index (χ2n) is 8.63. The van der Waals surface area contributed by atoms with Crippen molar-refractivity contribution in [3.63, 3.8) is 0 Å². The molecule has 1 saturated carbocycles. The second-order valence-corrected chi connectivity index (χ2v) is 8.63. The summed E-state index contributed by atoms with van der Waals surface area (Å²) in [4.78, 5) is 18.9. The molecule has 0 unspecified atom stereocenters. The van der Waals surface area contributed by atoms with E-state index in [0.717, 1.165) is 54.1 Å². The molecule has 176 valence electrons. The number of methoxy groups -OCH3 is 2. The molecule has 8 heteroatoms. The zero-order chi connectivity index (χ0) is 23.3. The fraction of sp³-hybridized carbons (Fsp3) is 0.385. The zero-order valence-electron chi connectivity index (χ0n) is 19.7. The lowest BCUT2D eigenvalue weighted by Crippen LogP contribution is -2.13. The zero-order valence-corrected chi connectivity index (χ0v) is 19.7. The predicted molar refractivity (Wildman–Crippen MR) is 132 cm³/mol. The fourth-order valence-corrected chi connectivity index (χ4v) is 4.55. The van der Waals surface area contributed by atoms with E-state index in [4.69, 9.17) is 24.4 Å². The number of aromatic nitrogens is 5. The van der Waals surface area contributed by atoms with Crippen LogP contribution in [-0.2, 0) is 6.42 Å². The molecular weight excluding hydrogens is 428 g/mol. The molecule has 1 N–H and O–H groups in total. The first kappa shape index (κ1) is 22.1. The number of nitrogens with one attached hydrogen (secondary N) is 1. The lowest BCUT2D eigenvalue weighted by atomic mass is 9.95. The third-order valence-corrected chi connectivity index (χ3v) is 6.46. The molecule has 0 amide bonds. The number of hydrogen-bond donors (Lipinski definition) is 1. The normalized spacial score (nSPS) is 14.3. The molecule has 0 aliphatic heterocycles. The summed E-state index contributed by atoms with van der Waals surface area (Å²) in [5, 5.41) is 3.51. The van der Waals surface area contributed by atoms with Crippen molar-refractivity contribution in [2.45, 2.75) is 44.6 Å². The predicted octanol–water partition coefficient (Wildman–Crippen LogP) is 5.07. The van der Waals surface area contributed by atoms with Gasteiger partial charge in [0.1, 0.15) is 11.3 Å². The Morgan fingerprint density at radius 2 is 1.76 bits per heavy atom. The van der Waals surface area contributed by atoms with E-state index in [-0.39, 0.29) is 0 Å². The summed E-state index contributed by atoms with van der Waals surface area (Å²) in [6.07, 6.45) is 10.7. The first-order valence-electron chi connectivity index (χ1n) is 11.9. The first-order valence-corrected chi connectivity index (χ1v) is 11.9. The number of hydrogen-bond acceptors (Lipinski definition) is 7. The molecule has 8 nitrogen and oxygen atoms in total. The molecule has 4 aromatic rings. The Morgan fingerprint density at radius 1 is 0.941 bits per heavy atom. The smallest absolute Gasteiger partial charge is 0.212 e. The number of anilines is 1. The molecule has 5 rings (SSSR count). The standard InChI is InChI=1S/C26H30N6O2/c1-33-21-11-8-18(9-12-21)14-15-27-25-23-26(32(17-29-23)20-6-4-3-5-7-20)31-24(30-25)19-10-13-22(34-2)28-16-19/h8-13,16-17,20H,3-7,14-15H2,1-2H3,(H,27,30,31). The van der Waals surface area contributed by atoms with Crippen molar-refractivity contribution in [1.82, 2.24) is 24.5 Å². The van der Waals surface area contributed by atoms with Crippen LogP contribution in [0.25, 0.3) is 22.6 Å². The van der Waals surface area contributed by atoms with Gasteiger partial charge < -0.3 is 19.4 Å². The molecule has 0 atom stereocenters. The maximum Gasteiger partial charge on any atom is 0.212 e. The van der Waals surface area contributed by atoms with Gasteiger partial charge in [-0.1, -0.05) is 31.4 Å². The first-order chi connectivity index (χ1) is 16.7.